The molecule has 1 aromatic heterocycles. The Labute approximate surface area is 93.3 Å². The van der Waals surface area contributed by atoms with Gasteiger partial charge in [-0.25, -0.2) is 14.4 Å². The summed E-state index contributed by atoms with van der Waals surface area (Å²) in [5, 5.41) is 0.920. The molecule has 0 fully saturated rings. The van der Waals surface area contributed by atoms with Crippen LogP contribution in [-0.4, -0.2) is 9.97 Å². The van der Waals surface area contributed by atoms with E-state index >= 15 is 0 Å². The number of hydrogen-bond acceptors (Lipinski definition) is 2. The third-order valence-electron chi connectivity index (χ3n) is 1.78. The molecule has 0 aliphatic rings. The molecular weight excluding hydrogens is 270 g/mol. The van der Waals surface area contributed by atoms with E-state index in [1.54, 1.807) is 13.0 Å². The van der Waals surface area contributed by atoms with E-state index in [0.717, 1.165) is 0 Å². The Bertz CT molecular complexity index is 468. The molecule has 0 radical (unpaired) electrons. The van der Waals surface area contributed by atoms with Crippen LogP contribution in [0.15, 0.2) is 16.7 Å². The first-order valence-corrected chi connectivity index (χ1v) is 5.04. The minimum atomic E-state index is -0.432. The van der Waals surface area contributed by atoms with Crippen LogP contribution in [0.3, 0.4) is 0 Å². The molecule has 72 valence electrons. The van der Waals surface area contributed by atoms with E-state index in [9.17, 15) is 4.39 Å². The molecule has 0 saturated carbocycles. The van der Waals surface area contributed by atoms with E-state index < -0.39 is 5.82 Å². The molecule has 0 N–H and O–H groups in total. The Morgan fingerprint density at radius 1 is 1.36 bits per heavy atom. The van der Waals surface area contributed by atoms with Crippen LogP contribution >= 0.6 is 27.5 Å². The molecule has 1 heterocycles. The van der Waals surface area contributed by atoms with Crippen LogP contribution in [-0.2, 0) is 0 Å². The van der Waals surface area contributed by atoms with E-state index in [-0.39, 0.29) is 5.52 Å². The van der Waals surface area contributed by atoms with Crippen molar-refractivity contribution in [3.63, 3.8) is 0 Å². The number of hydrogen-bond donors (Lipinski definition) is 0. The topological polar surface area (TPSA) is 25.8 Å². The van der Waals surface area contributed by atoms with Crippen LogP contribution in [0.25, 0.3) is 10.9 Å². The lowest BCUT2D eigenvalue weighted by Gasteiger charge is -2.02. The van der Waals surface area contributed by atoms with Crippen molar-refractivity contribution >= 4 is 38.4 Å². The lowest BCUT2D eigenvalue weighted by atomic mass is 10.2. The number of aromatic nitrogens is 2. The highest BCUT2D eigenvalue weighted by molar-refractivity contribution is 9.10. The lowest BCUT2D eigenvalue weighted by Crippen LogP contribution is -1.93. The summed E-state index contributed by atoms with van der Waals surface area (Å²) >= 11 is 8.96. The average molecular weight is 276 g/mol. The zero-order valence-electron chi connectivity index (χ0n) is 7.18. The van der Waals surface area contributed by atoms with Crippen molar-refractivity contribution in [1.29, 1.82) is 0 Å². The van der Waals surface area contributed by atoms with Crippen LogP contribution in [0.1, 0.15) is 5.82 Å². The van der Waals surface area contributed by atoms with E-state index in [1.165, 1.54) is 6.07 Å². The molecule has 0 saturated heterocycles. The molecule has 0 spiro atoms. The summed E-state index contributed by atoms with van der Waals surface area (Å²) in [5.74, 6) is 0.0873. The van der Waals surface area contributed by atoms with Crippen LogP contribution in [0.2, 0.25) is 5.02 Å². The number of halogens is 3. The number of aryl methyl sites for hydroxylation is 1. The zero-order valence-corrected chi connectivity index (χ0v) is 9.52. The van der Waals surface area contributed by atoms with E-state index in [1.807, 2.05) is 0 Å². The summed E-state index contributed by atoms with van der Waals surface area (Å²) in [6.07, 6.45) is 0. The second-order valence-electron chi connectivity index (χ2n) is 2.85. The zero-order chi connectivity index (χ0) is 10.3. The molecule has 0 atom stereocenters. The van der Waals surface area contributed by atoms with Gasteiger partial charge in [0.25, 0.3) is 0 Å². The summed E-state index contributed by atoms with van der Waals surface area (Å²) in [6, 6.07) is 2.87. The second-order valence-corrected chi connectivity index (χ2v) is 4.03. The Hall–Kier alpha value is -0.740. The van der Waals surface area contributed by atoms with Gasteiger partial charge in [-0.15, -0.1) is 0 Å². The van der Waals surface area contributed by atoms with Crippen LogP contribution in [0.5, 0.6) is 0 Å². The summed E-state index contributed by atoms with van der Waals surface area (Å²) < 4.78 is 14.0. The van der Waals surface area contributed by atoms with Gasteiger partial charge in [0.05, 0.1) is 0 Å². The Balaban J connectivity index is 2.94. The fourth-order valence-electron chi connectivity index (χ4n) is 1.23. The molecule has 0 amide bonds. The largest absolute Gasteiger partial charge is 0.230 e. The first-order chi connectivity index (χ1) is 6.58. The third kappa shape index (κ3) is 1.60. The van der Waals surface area contributed by atoms with Gasteiger partial charge in [0.15, 0.2) is 5.82 Å². The van der Waals surface area contributed by atoms with Gasteiger partial charge >= 0.3 is 0 Å². The van der Waals surface area contributed by atoms with E-state index in [4.69, 9.17) is 11.6 Å². The molecule has 1 aromatic carbocycles. The molecule has 2 aromatic rings. The van der Waals surface area contributed by atoms with Gasteiger partial charge in [-0.2, -0.15) is 0 Å². The molecular formula is C9H5BrClFN2. The molecule has 2 rings (SSSR count). The molecule has 14 heavy (non-hydrogen) atoms. The number of nitrogens with zero attached hydrogens (tertiary/aromatic N) is 2. The number of rotatable bonds is 0. The fraction of sp³-hybridized carbons (Fsp3) is 0.111. The maximum absolute atomic E-state index is 13.4. The highest BCUT2D eigenvalue weighted by Crippen LogP contribution is 2.26. The highest BCUT2D eigenvalue weighted by atomic mass is 79.9. The molecule has 0 unspecified atom stereocenters. The normalized spacial score (nSPS) is 10.9. The van der Waals surface area contributed by atoms with Gasteiger partial charge in [-0.05, 0) is 35.0 Å². The predicted molar refractivity (Wildman–Crippen MR) is 56.9 cm³/mol. The summed E-state index contributed by atoms with van der Waals surface area (Å²) in [5.41, 5.74) is 0.286. The standard InChI is InChI=1S/C9H5BrClFN2/c1-4-13-8-6(9(10)14-4)2-5(11)3-7(8)12/h2-3H,1H3. The van der Waals surface area contributed by atoms with Crippen molar-refractivity contribution in [1.82, 2.24) is 9.97 Å². The quantitative estimate of drug-likeness (QED) is 0.688. The van der Waals surface area contributed by atoms with Gasteiger partial charge in [-0.1, -0.05) is 11.6 Å². The predicted octanol–water partition coefficient (Wildman–Crippen LogP) is 3.49. The monoisotopic (exact) mass is 274 g/mol. The van der Waals surface area contributed by atoms with Gasteiger partial charge in [0, 0.05) is 10.4 Å². The Morgan fingerprint density at radius 2 is 2.07 bits per heavy atom. The van der Waals surface area contributed by atoms with Crippen LogP contribution in [0, 0.1) is 12.7 Å². The molecule has 5 heteroatoms. The average Bonchev–Trinajstić information content (AvgIpc) is 2.07. The van der Waals surface area contributed by atoms with Crippen molar-refractivity contribution in [2.45, 2.75) is 6.92 Å². The van der Waals surface area contributed by atoms with Crippen molar-refractivity contribution in [3.05, 3.63) is 33.4 Å². The maximum Gasteiger partial charge on any atom is 0.151 e. The summed E-state index contributed by atoms with van der Waals surface area (Å²) in [4.78, 5) is 8.07. The van der Waals surface area contributed by atoms with Crippen LogP contribution in [0.4, 0.5) is 4.39 Å². The maximum atomic E-state index is 13.4. The molecule has 0 aliphatic heterocycles. The van der Waals surface area contributed by atoms with Crippen molar-refractivity contribution in [2.24, 2.45) is 0 Å². The lowest BCUT2D eigenvalue weighted by molar-refractivity contribution is 0.636. The van der Waals surface area contributed by atoms with E-state index in [0.29, 0.717) is 20.8 Å². The van der Waals surface area contributed by atoms with Gasteiger partial charge < -0.3 is 0 Å². The highest BCUT2D eigenvalue weighted by Gasteiger charge is 2.09. The van der Waals surface area contributed by atoms with Crippen molar-refractivity contribution in [3.8, 4) is 0 Å². The molecule has 0 aliphatic carbocycles. The van der Waals surface area contributed by atoms with Gasteiger partial charge in [0.1, 0.15) is 15.9 Å². The first-order valence-electron chi connectivity index (χ1n) is 3.87. The summed E-state index contributed by atoms with van der Waals surface area (Å²) in [6.45, 7) is 1.71. The molecule has 0 bridgehead atoms. The number of benzene rings is 1. The summed E-state index contributed by atoms with van der Waals surface area (Å²) in [7, 11) is 0. The van der Waals surface area contributed by atoms with Crippen molar-refractivity contribution < 1.29 is 4.39 Å². The third-order valence-corrected chi connectivity index (χ3v) is 2.61. The Kier molecular flexibility index (Phi) is 2.41. The minimum Gasteiger partial charge on any atom is -0.230 e. The fourth-order valence-corrected chi connectivity index (χ4v) is 1.99. The smallest absolute Gasteiger partial charge is 0.151 e. The van der Waals surface area contributed by atoms with Gasteiger partial charge in [0.2, 0.25) is 0 Å². The van der Waals surface area contributed by atoms with Crippen LogP contribution < -0.4 is 0 Å². The minimum absolute atomic E-state index is 0.286. The first kappa shape index (κ1) is 9.80. The number of fused-ring (bicyclic) bond motifs is 1. The van der Waals surface area contributed by atoms with Crippen molar-refractivity contribution in [2.75, 3.05) is 0 Å². The van der Waals surface area contributed by atoms with Gasteiger partial charge in [-0.3, -0.25) is 0 Å². The second kappa shape index (κ2) is 3.44. The Morgan fingerprint density at radius 3 is 2.79 bits per heavy atom. The molecule has 2 nitrogen and oxygen atoms in total. The SMILES string of the molecule is Cc1nc(Br)c2cc(Cl)cc(F)c2n1. The van der Waals surface area contributed by atoms with E-state index in [2.05, 4.69) is 25.9 Å².